The van der Waals surface area contributed by atoms with E-state index in [1.165, 1.54) is 6.21 Å². The summed E-state index contributed by atoms with van der Waals surface area (Å²) in [4.78, 5) is 23.9. The number of carbonyl (C=O) groups excluding carboxylic acids is 2. The molecule has 2 N–H and O–H groups in total. The van der Waals surface area contributed by atoms with Crippen molar-refractivity contribution in [2.75, 3.05) is 11.9 Å². The molecule has 2 amide bonds. The van der Waals surface area contributed by atoms with Crippen molar-refractivity contribution in [2.24, 2.45) is 5.10 Å². The number of amides is 2. The Morgan fingerprint density at radius 1 is 1.11 bits per heavy atom. The topological polar surface area (TPSA) is 79.8 Å². The van der Waals surface area contributed by atoms with Gasteiger partial charge in [-0.1, -0.05) is 12.1 Å². The first-order chi connectivity index (χ1) is 13.4. The lowest BCUT2D eigenvalue weighted by molar-refractivity contribution is -0.124. The number of ether oxygens (including phenoxy) is 1. The van der Waals surface area contributed by atoms with Gasteiger partial charge in [-0.3, -0.25) is 9.59 Å². The summed E-state index contributed by atoms with van der Waals surface area (Å²) in [6.45, 7) is 6.39. The Morgan fingerprint density at radius 2 is 1.86 bits per heavy atom. The fourth-order valence-corrected chi connectivity index (χ4v) is 2.93. The normalized spacial score (nSPS) is 10.7. The summed E-state index contributed by atoms with van der Waals surface area (Å²) in [6.07, 6.45) is 1.68. The molecule has 28 heavy (non-hydrogen) atoms. The fourth-order valence-electron chi connectivity index (χ4n) is 2.41. The average Bonchev–Trinajstić information content (AvgIpc) is 2.65. The zero-order valence-corrected chi connectivity index (χ0v) is 17.8. The average molecular weight is 446 g/mol. The van der Waals surface area contributed by atoms with Crippen LogP contribution in [0.5, 0.6) is 5.75 Å². The first-order valence-electron chi connectivity index (χ1n) is 9.00. The van der Waals surface area contributed by atoms with Crippen LogP contribution in [0.3, 0.4) is 0 Å². The van der Waals surface area contributed by atoms with Gasteiger partial charge in [0.25, 0.3) is 0 Å². The minimum Gasteiger partial charge on any atom is -0.493 e. The third-order valence-electron chi connectivity index (χ3n) is 3.90. The van der Waals surface area contributed by atoms with Crippen molar-refractivity contribution in [3.8, 4) is 5.75 Å². The molecule has 0 unspecified atom stereocenters. The van der Waals surface area contributed by atoms with Crippen LogP contribution in [0.15, 0.2) is 46.0 Å². The first-order valence-corrected chi connectivity index (χ1v) is 9.79. The van der Waals surface area contributed by atoms with Gasteiger partial charge < -0.3 is 10.1 Å². The molecular weight excluding hydrogens is 422 g/mol. The highest BCUT2D eigenvalue weighted by molar-refractivity contribution is 9.10. The molecule has 0 spiro atoms. The molecule has 0 aliphatic rings. The Kier molecular flexibility index (Phi) is 8.19. The number of rotatable bonds is 8. The second kappa shape index (κ2) is 10.6. The molecule has 0 radical (unpaired) electrons. The second-order valence-electron chi connectivity index (χ2n) is 6.28. The quantitative estimate of drug-likeness (QED) is 0.468. The monoisotopic (exact) mass is 445 g/mol. The standard InChI is InChI=1S/C21H24BrN3O3/c1-4-28-19-8-7-16(12-17(19)22)13-23-25-21(27)10-9-20(26)24-18-11-14(2)5-6-15(18)3/h5-8,11-13H,4,9-10H2,1-3H3,(H,24,26)(H,25,27). The van der Waals surface area contributed by atoms with E-state index in [0.29, 0.717) is 6.61 Å². The number of hydrazone groups is 1. The van der Waals surface area contributed by atoms with E-state index in [2.05, 4.69) is 31.8 Å². The number of benzene rings is 2. The van der Waals surface area contributed by atoms with Gasteiger partial charge in [-0.25, -0.2) is 5.43 Å². The number of nitrogens with zero attached hydrogens (tertiary/aromatic N) is 1. The van der Waals surface area contributed by atoms with Gasteiger partial charge in [0.05, 0.1) is 17.3 Å². The van der Waals surface area contributed by atoms with E-state index in [1.54, 1.807) is 0 Å². The van der Waals surface area contributed by atoms with Gasteiger partial charge >= 0.3 is 0 Å². The van der Waals surface area contributed by atoms with E-state index in [1.807, 2.05) is 57.2 Å². The van der Waals surface area contributed by atoms with Gasteiger partial charge in [0.2, 0.25) is 11.8 Å². The van der Waals surface area contributed by atoms with E-state index < -0.39 is 0 Å². The molecular formula is C21H24BrN3O3. The van der Waals surface area contributed by atoms with Crippen molar-refractivity contribution in [2.45, 2.75) is 33.6 Å². The molecule has 148 valence electrons. The maximum absolute atomic E-state index is 12.1. The van der Waals surface area contributed by atoms with Gasteiger partial charge in [0, 0.05) is 18.5 Å². The minimum absolute atomic E-state index is 0.0566. The molecule has 7 heteroatoms. The molecule has 0 heterocycles. The van der Waals surface area contributed by atoms with Crippen LogP contribution < -0.4 is 15.5 Å². The molecule has 0 aliphatic heterocycles. The summed E-state index contributed by atoms with van der Waals surface area (Å²) in [5, 5.41) is 6.76. The summed E-state index contributed by atoms with van der Waals surface area (Å²) in [6, 6.07) is 11.4. The fraction of sp³-hybridized carbons (Fsp3) is 0.286. The third-order valence-corrected chi connectivity index (χ3v) is 4.52. The lowest BCUT2D eigenvalue weighted by Gasteiger charge is -2.09. The van der Waals surface area contributed by atoms with Crippen molar-refractivity contribution >= 4 is 39.6 Å². The van der Waals surface area contributed by atoms with Crippen molar-refractivity contribution in [3.05, 3.63) is 57.6 Å². The summed E-state index contributed by atoms with van der Waals surface area (Å²) in [7, 11) is 0. The molecule has 0 aromatic heterocycles. The van der Waals surface area contributed by atoms with Crippen molar-refractivity contribution < 1.29 is 14.3 Å². The molecule has 2 rings (SSSR count). The van der Waals surface area contributed by atoms with Gasteiger partial charge in [-0.15, -0.1) is 0 Å². The van der Waals surface area contributed by atoms with Crippen LogP contribution in [0, 0.1) is 13.8 Å². The van der Waals surface area contributed by atoms with Crippen LogP contribution in [0.2, 0.25) is 0 Å². The van der Waals surface area contributed by atoms with Gasteiger partial charge in [-0.2, -0.15) is 5.10 Å². The summed E-state index contributed by atoms with van der Waals surface area (Å²) < 4.78 is 6.26. The molecule has 6 nitrogen and oxygen atoms in total. The van der Waals surface area contributed by atoms with Gasteiger partial charge in [-0.05, 0) is 77.7 Å². The SMILES string of the molecule is CCOc1ccc(C=NNC(=O)CCC(=O)Nc2cc(C)ccc2C)cc1Br. The van der Waals surface area contributed by atoms with Crippen LogP contribution in [0.1, 0.15) is 36.5 Å². The first kappa shape index (κ1) is 21.6. The van der Waals surface area contributed by atoms with E-state index in [-0.39, 0.29) is 24.7 Å². The number of anilines is 1. The van der Waals surface area contributed by atoms with E-state index in [9.17, 15) is 9.59 Å². The van der Waals surface area contributed by atoms with Crippen LogP contribution in [0.25, 0.3) is 0 Å². The molecule has 2 aromatic rings. The molecule has 0 atom stereocenters. The molecule has 0 saturated carbocycles. The molecule has 0 saturated heterocycles. The predicted molar refractivity (Wildman–Crippen MR) is 115 cm³/mol. The van der Waals surface area contributed by atoms with Crippen LogP contribution >= 0.6 is 15.9 Å². The third kappa shape index (κ3) is 6.81. The zero-order valence-electron chi connectivity index (χ0n) is 16.2. The Morgan fingerprint density at radius 3 is 2.57 bits per heavy atom. The smallest absolute Gasteiger partial charge is 0.240 e. The minimum atomic E-state index is -0.322. The largest absolute Gasteiger partial charge is 0.493 e. The zero-order chi connectivity index (χ0) is 20.5. The number of aryl methyl sites for hydroxylation is 2. The van der Waals surface area contributed by atoms with Crippen LogP contribution in [-0.4, -0.2) is 24.6 Å². The van der Waals surface area contributed by atoms with E-state index >= 15 is 0 Å². The van der Waals surface area contributed by atoms with Crippen LogP contribution in [0.4, 0.5) is 5.69 Å². The number of nitrogens with one attached hydrogen (secondary N) is 2. The van der Waals surface area contributed by atoms with Crippen LogP contribution in [-0.2, 0) is 9.59 Å². The lowest BCUT2D eigenvalue weighted by Crippen LogP contribution is -2.20. The highest BCUT2D eigenvalue weighted by atomic mass is 79.9. The summed E-state index contributed by atoms with van der Waals surface area (Å²) >= 11 is 3.43. The lowest BCUT2D eigenvalue weighted by atomic mass is 10.1. The molecule has 0 aliphatic carbocycles. The van der Waals surface area contributed by atoms with Crippen molar-refractivity contribution in [1.82, 2.24) is 5.43 Å². The summed E-state index contributed by atoms with van der Waals surface area (Å²) in [5.74, 6) is 0.221. The Bertz CT molecular complexity index is 881. The number of hydrogen-bond acceptors (Lipinski definition) is 4. The van der Waals surface area contributed by atoms with Gasteiger partial charge in [0.15, 0.2) is 0 Å². The Hall–Kier alpha value is -2.67. The van der Waals surface area contributed by atoms with Crippen molar-refractivity contribution in [3.63, 3.8) is 0 Å². The Labute approximate surface area is 173 Å². The van der Waals surface area contributed by atoms with Gasteiger partial charge in [0.1, 0.15) is 5.75 Å². The number of carbonyl (C=O) groups is 2. The molecule has 0 bridgehead atoms. The highest BCUT2D eigenvalue weighted by Crippen LogP contribution is 2.25. The summed E-state index contributed by atoms with van der Waals surface area (Å²) in [5.41, 5.74) is 6.06. The number of halogens is 1. The molecule has 2 aromatic carbocycles. The number of hydrogen-bond donors (Lipinski definition) is 2. The Balaban J connectivity index is 1.79. The molecule has 0 fully saturated rings. The maximum Gasteiger partial charge on any atom is 0.240 e. The van der Waals surface area contributed by atoms with E-state index in [0.717, 1.165) is 32.6 Å². The maximum atomic E-state index is 12.1. The highest BCUT2D eigenvalue weighted by Gasteiger charge is 2.08. The second-order valence-corrected chi connectivity index (χ2v) is 7.14. The predicted octanol–water partition coefficient (Wildman–Crippen LogP) is 4.33. The van der Waals surface area contributed by atoms with Crippen molar-refractivity contribution in [1.29, 1.82) is 0 Å². The van der Waals surface area contributed by atoms with E-state index in [4.69, 9.17) is 4.74 Å².